The first kappa shape index (κ1) is 20.4. The minimum atomic E-state index is -0.439. The number of hydrogen-bond donors (Lipinski definition) is 4. The lowest BCUT2D eigenvalue weighted by molar-refractivity contribution is -0.121. The second kappa shape index (κ2) is 8.49. The fourth-order valence-corrected chi connectivity index (χ4v) is 4.05. The second-order valence-corrected chi connectivity index (χ2v) is 7.93. The number of thiazole rings is 1. The molecule has 1 aliphatic heterocycles. The number of benzene rings is 2. The highest BCUT2D eigenvalue weighted by atomic mass is 32.1. The van der Waals surface area contributed by atoms with Crippen LogP contribution >= 0.6 is 11.3 Å². The van der Waals surface area contributed by atoms with Crippen molar-refractivity contribution in [2.45, 2.75) is 13.0 Å². The van der Waals surface area contributed by atoms with Crippen molar-refractivity contribution in [3.05, 3.63) is 68.1 Å². The Hall–Kier alpha value is -3.85. The molecule has 0 saturated heterocycles. The molecule has 2 heterocycles. The fraction of sp³-hybridized carbons (Fsp3) is 0.136. The highest BCUT2D eigenvalue weighted by Gasteiger charge is 2.18. The van der Waals surface area contributed by atoms with Gasteiger partial charge in [-0.3, -0.25) is 19.1 Å². The van der Waals surface area contributed by atoms with Crippen LogP contribution in [0.5, 0.6) is 17.4 Å². The first-order valence-corrected chi connectivity index (χ1v) is 10.3. The molecule has 4 rings (SSSR count). The Labute approximate surface area is 181 Å². The van der Waals surface area contributed by atoms with Gasteiger partial charge in [0, 0.05) is 23.9 Å². The van der Waals surface area contributed by atoms with Crippen LogP contribution in [0.15, 0.2) is 52.3 Å². The number of allylic oxidation sites excluding steroid dienone is 1. The number of aromatic nitrogens is 1. The second-order valence-electron chi connectivity index (χ2n) is 6.94. The van der Waals surface area contributed by atoms with E-state index in [9.17, 15) is 24.9 Å². The highest BCUT2D eigenvalue weighted by molar-refractivity contribution is 7.10. The van der Waals surface area contributed by atoms with Gasteiger partial charge in [-0.15, -0.1) is 0 Å². The molecule has 2 aromatic carbocycles. The summed E-state index contributed by atoms with van der Waals surface area (Å²) >= 11 is 0.856. The molecule has 1 aromatic heterocycles. The maximum atomic E-state index is 12.3. The van der Waals surface area contributed by atoms with Crippen LogP contribution in [-0.4, -0.2) is 38.6 Å². The van der Waals surface area contributed by atoms with Crippen LogP contribution in [0.25, 0.3) is 11.6 Å². The van der Waals surface area contributed by atoms with Crippen molar-refractivity contribution >= 4 is 40.8 Å². The monoisotopic (exact) mass is 437 g/mol. The number of nitrogens with zero attached hydrogens (tertiary/aromatic N) is 2. The highest BCUT2D eigenvalue weighted by Crippen LogP contribution is 2.34. The molecule has 4 N–H and O–H groups in total. The first-order valence-electron chi connectivity index (χ1n) is 9.47. The Balaban J connectivity index is 1.41. The van der Waals surface area contributed by atoms with Gasteiger partial charge >= 0.3 is 4.87 Å². The normalized spacial score (nSPS) is 13.5. The van der Waals surface area contributed by atoms with Gasteiger partial charge in [0.05, 0.1) is 10.6 Å². The summed E-state index contributed by atoms with van der Waals surface area (Å²) in [6.45, 7) is -0.0390. The van der Waals surface area contributed by atoms with Crippen molar-refractivity contribution in [1.29, 1.82) is 0 Å². The van der Waals surface area contributed by atoms with Crippen LogP contribution in [0.4, 0.5) is 5.69 Å². The van der Waals surface area contributed by atoms with Crippen molar-refractivity contribution in [3.8, 4) is 17.4 Å². The van der Waals surface area contributed by atoms with Crippen molar-refractivity contribution in [3.63, 3.8) is 0 Å². The number of carbonyl (C=O) groups excluding carboxylic acids is 1. The van der Waals surface area contributed by atoms with E-state index < -0.39 is 10.8 Å². The summed E-state index contributed by atoms with van der Waals surface area (Å²) in [5.74, 6) is -1.13. The summed E-state index contributed by atoms with van der Waals surface area (Å²) in [4.78, 5) is 28.8. The van der Waals surface area contributed by atoms with Crippen molar-refractivity contribution in [1.82, 2.24) is 9.88 Å². The van der Waals surface area contributed by atoms with E-state index in [0.29, 0.717) is 11.3 Å². The number of phenols is 2. The largest absolute Gasteiger partial charge is 0.504 e. The predicted molar refractivity (Wildman–Crippen MR) is 119 cm³/mol. The van der Waals surface area contributed by atoms with Gasteiger partial charge in [-0.1, -0.05) is 35.6 Å². The Kier molecular flexibility index (Phi) is 5.59. The van der Waals surface area contributed by atoms with Crippen LogP contribution in [0, 0.1) is 0 Å². The van der Waals surface area contributed by atoms with E-state index in [4.69, 9.17) is 0 Å². The number of para-hydroxylation sites is 1. The van der Waals surface area contributed by atoms with Crippen molar-refractivity contribution in [2.24, 2.45) is 4.99 Å². The van der Waals surface area contributed by atoms with Gasteiger partial charge in [0.2, 0.25) is 11.8 Å². The third kappa shape index (κ3) is 4.36. The predicted octanol–water partition coefficient (Wildman–Crippen LogP) is 2.64. The lowest BCUT2D eigenvalue weighted by Gasteiger charge is -2.07. The summed E-state index contributed by atoms with van der Waals surface area (Å²) in [7, 11) is 0. The number of carbonyl (C=O) groups is 1. The van der Waals surface area contributed by atoms with Gasteiger partial charge in [-0.2, -0.15) is 0 Å². The summed E-state index contributed by atoms with van der Waals surface area (Å²) in [5, 5.41) is 32.0. The summed E-state index contributed by atoms with van der Waals surface area (Å²) in [5.41, 5.74) is 3.24. The number of amides is 1. The Morgan fingerprint density at radius 1 is 1.13 bits per heavy atom. The maximum Gasteiger partial charge on any atom is 0.311 e. The molecule has 158 valence electrons. The Morgan fingerprint density at radius 3 is 2.74 bits per heavy atom. The van der Waals surface area contributed by atoms with Gasteiger partial charge < -0.3 is 20.6 Å². The van der Waals surface area contributed by atoms with E-state index in [-0.39, 0.29) is 30.5 Å². The number of aromatic hydroxyl groups is 3. The summed E-state index contributed by atoms with van der Waals surface area (Å²) < 4.78 is 1.02. The molecular weight excluding hydrogens is 418 g/mol. The molecule has 1 aliphatic rings. The topological polar surface area (TPSA) is 124 Å². The average molecular weight is 437 g/mol. The summed E-state index contributed by atoms with van der Waals surface area (Å²) in [6.07, 6.45) is 3.79. The van der Waals surface area contributed by atoms with Crippen molar-refractivity contribution in [2.75, 3.05) is 6.54 Å². The SMILES string of the molecule is O=C(Cn1c(O)c(/C=C2\C=Nc3ccccc32)sc1=O)NCCc1ccc(O)c(O)c1. The van der Waals surface area contributed by atoms with E-state index in [1.54, 1.807) is 18.4 Å². The number of aliphatic imine (C=N–C) groups is 1. The maximum absolute atomic E-state index is 12.3. The third-order valence-corrected chi connectivity index (χ3v) is 5.73. The van der Waals surface area contributed by atoms with Crippen LogP contribution in [0.3, 0.4) is 0 Å². The molecule has 0 radical (unpaired) electrons. The van der Waals surface area contributed by atoms with Crippen LogP contribution < -0.4 is 10.2 Å². The van der Waals surface area contributed by atoms with Gasteiger partial charge in [0.1, 0.15) is 6.54 Å². The molecule has 0 aliphatic carbocycles. The van der Waals surface area contributed by atoms with Gasteiger partial charge in [-0.25, -0.2) is 0 Å². The van der Waals surface area contributed by atoms with Crippen LogP contribution in [0.1, 0.15) is 16.0 Å². The number of nitrogens with one attached hydrogen (secondary N) is 1. The lowest BCUT2D eigenvalue weighted by atomic mass is 10.1. The fourth-order valence-electron chi connectivity index (χ4n) is 3.21. The lowest BCUT2D eigenvalue weighted by Crippen LogP contribution is -2.31. The first-order chi connectivity index (χ1) is 14.9. The van der Waals surface area contributed by atoms with Gasteiger partial charge in [0.25, 0.3) is 0 Å². The van der Waals surface area contributed by atoms with E-state index in [2.05, 4.69) is 10.3 Å². The minimum Gasteiger partial charge on any atom is -0.504 e. The van der Waals surface area contributed by atoms with Crippen molar-refractivity contribution < 1.29 is 20.1 Å². The molecule has 8 nitrogen and oxygen atoms in total. The molecule has 9 heteroatoms. The zero-order valence-corrected chi connectivity index (χ0v) is 17.1. The molecule has 31 heavy (non-hydrogen) atoms. The quantitative estimate of drug-likeness (QED) is 0.442. The van der Waals surface area contributed by atoms with Crippen LogP contribution in [0.2, 0.25) is 0 Å². The Bertz CT molecular complexity index is 1270. The third-order valence-electron chi connectivity index (χ3n) is 4.82. The zero-order valence-electron chi connectivity index (χ0n) is 16.3. The molecule has 0 fully saturated rings. The number of rotatable bonds is 6. The van der Waals surface area contributed by atoms with E-state index in [1.807, 2.05) is 24.3 Å². The van der Waals surface area contributed by atoms with Gasteiger partial charge in [-0.05, 0) is 36.3 Å². The molecule has 0 atom stereocenters. The number of fused-ring (bicyclic) bond motifs is 1. The smallest absolute Gasteiger partial charge is 0.311 e. The summed E-state index contributed by atoms with van der Waals surface area (Å²) in [6, 6.07) is 12.0. The minimum absolute atomic E-state index is 0.210. The molecule has 0 saturated carbocycles. The molecule has 0 spiro atoms. The average Bonchev–Trinajstić information content (AvgIpc) is 3.27. The number of hydrogen-bond acceptors (Lipinski definition) is 7. The standard InChI is InChI=1S/C22H19N3O5S/c26-17-6-5-13(9-18(17)27)7-8-23-20(28)12-25-21(29)19(31-22(25)30)10-14-11-24-16-4-2-1-3-15(14)16/h1-6,9-11,26-27,29H,7-8,12H2,(H,23,28)/b14-10+. The molecular formula is C22H19N3O5S. The number of phenolic OH excluding ortho intramolecular Hbond substituents is 2. The van der Waals surface area contributed by atoms with E-state index in [0.717, 1.165) is 38.3 Å². The van der Waals surface area contributed by atoms with Crippen LogP contribution in [-0.2, 0) is 17.8 Å². The molecule has 0 bridgehead atoms. The van der Waals surface area contributed by atoms with E-state index in [1.165, 1.54) is 12.1 Å². The zero-order chi connectivity index (χ0) is 22.0. The van der Waals surface area contributed by atoms with Gasteiger partial charge in [0.15, 0.2) is 11.5 Å². The Morgan fingerprint density at radius 2 is 1.94 bits per heavy atom. The molecule has 1 amide bonds. The molecule has 3 aromatic rings. The molecule has 0 unspecified atom stereocenters. The van der Waals surface area contributed by atoms with E-state index >= 15 is 0 Å².